The number of thiazole rings is 1. The van der Waals surface area contributed by atoms with E-state index in [0.29, 0.717) is 10.8 Å². The molecule has 21 heavy (non-hydrogen) atoms. The first-order chi connectivity index (χ1) is 9.65. The number of amidine groups is 1. The molecule has 0 saturated heterocycles. The summed E-state index contributed by atoms with van der Waals surface area (Å²) < 4.78 is 36.2. The Morgan fingerprint density at radius 3 is 2.62 bits per heavy atom. The van der Waals surface area contributed by atoms with Crippen LogP contribution in [0.15, 0.2) is 14.8 Å². The van der Waals surface area contributed by atoms with E-state index in [1.807, 2.05) is 0 Å². The maximum Gasteiger partial charge on any atom is 0.318 e. The van der Waals surface area contributed by atoms with Gasteiger partial charge in [-0.2, -0.15) is 13.4 Å². The molecule has 0 bridgehead atoms. The van der Waals surface area contributed by atoms with E-state index in [9.17, 15) is 12.6 Å². The van der Waals surface area contributed by atoms with Crippen molar-refractivity contribution >= 4 is 49.3 Å². The normalized spacial score (nSPS) is 13.9. The van der Waals surface area contributed by atoms with Crippen LogP contribution in [0.2, 0.25) is 0 Å². The molecule has 1 heterocycles. The summed E-state index contributed by atoms with van der Waals surface area (Å²) in [6.07, 6.45) is 0.0495. The van der Waals surface area contributed by atoms with Crippen molar-refractivity contribution in [1.29, 1.82) is 0 Å². The summed E-state index contributed by atoms with van der Waals surface area (Å²) in [5.74, 6) is 0.0217. The van der Waals surface area contributed by atoms with Gasteiger partial charge in [-0.1, -0.05) is 0 Å². The van der Waals surface area contributed by atoms with Gasteiger partial charge in [0, 0.05) is 28.4 Å². The lowest BCUT2D eigenvalue weighted by atomic mass is 10.5. The highest BCUT2D eigenvalue weighted by atomic mass is 32.2. The molecule has 0 aliphatic carbocycles. The van der Waals surface area contributed by atoms with Crippen LogP contribution >= 0.6 is 11.3 Å². The van der Waals surface area contributed by atoms with Crippen LogP contribution in [0, 0.1) is 0 Å². The Bertz CT molecular complexity index is 675. The van der Waals surface area contributed by atoms with Gasteiger partial charge in [0.05, 0.1) is 11.4 Å². The Morgan fingerprint density at radius 2 is 2.05 bits per heavy atom. The third kappa shape index (κ3) is 7.69. The first-order valence-corrected chi connectivity index (χ1v) is 9.29. The summed E-state index contributed by atoms with van der Waals surface area (Å²) >= 11 is 1.21. The quantitative estimate of drug-likeness (QED) is 0.329. The standard InChI is InChI=1S/C8H15N7O3S3/c9-6(15-21(12,17)18)1-2-20(16)4-5-3-19-8(13-5)14-7(10)11/h3H,1-2,4H2,(H2,9,15)(H2,12,17,18)(H4,10,11,13,14)/t20-/m0/s1. The number of guanidine groups is 1. The molecule has 0 fully saturated rings. The molecule has 118 valence electrons. The lowest BCUT2D eigenvalue weighted by Crippen LogP contribution is -2.21. The molecule has 13 heteroatoms. The van der Waals surface area contributed by atoms with Gasteiger partial charge < -0.3 is 17.2 Å². The highest BCUT2D eigenvalue weighted by Gasteiger charge is 2.08. The Morgan fingerprint density at radius 1 is 1.38 bits per heavy atom. The Labute approximate surface area is 128 Å². The van der Waals surface area contributed by atoms with Crippen LogP contribution in [0.5, 0.6) is 0 Å². The maximum atomic E-state index is 11.8. The zero-order valence-electron chi connectivity index (χ0n) is 10.8. The second-order valence-corrected chi connectivity index (χ2v) is 7.42. The van der Waals surface area contributed by atoms with E-state index < -0.39 is 21.0 Å². The second kappa shape index (κ2) is 7.44. The summed E-state index contributed by atoms with van der Waals surface area (Å²) in [5, 5.41) is 6.75. The van der Waals surface area contributed by atoms with Gasteiger partial charge in [0.1, 0.15) is 5.84 Å². The van der Waals surface area contributed by atoms with E-state index in [1.165, 1.54) is 11.3 Å². The van der Waals surface area contributed by atoms with Gasteiger partial charge in [-0.05, 0) is 0 Å². The molecule has 0 radical (unpaired) electrons. The van der Waals surface area contributed by atoms with Crippen molar-refractivity contribution in [3.63, 3.8) is 0 Å². The smallest absolute Gasteiger partial charge is 0.318 e. The van der Waals surface area contributed by atoms with Crippen LogP contribution in [0.4, 0.5) is 5.13 Å². The van der Waals surface area contributed by atoms with Crippen molar-refractivity contribution in [2.24, 2.45) is 31.7 Å². The largest absolute Gasteiger partial charge is 0.386 e. The first-order valence-electron chi connectivity index (χ1n) is 5.42. The van der Waals surface area contributed by atoms with E-state index in [4.69, 9.17) is 22.3 Å². The molecule has 1 rings (SSSR count). The van der Waals surface area contributed by atoms with Gasteiger partial charge in [0.2, 0.25) is 5.13 Å². The van der Waals surface area contributed by atoms with Crippen LogP contribution in [0.25, 0.3) is 0 Å². The minimum atomic E-state index is -4.02. The topological polar surface area (TPSA) is 193 Å². The number of nitrogens with two attached hydrogens (primary N) is 4. The molecular formula is C8H15N7O3S3. The molecule has 0 aliphatic rings. The van der Waals surface area contributed by atoms with Crippen molar-refractivity contribution in [2.75, 3.05) is 5.75 Å². The van der Waals surface area contributed by atoms with Gasteiger partial charge in [-0.3, -0.25) is 4.21 Å². The SMILES string of the molecule is NC(N)=Nc1nc(C[S@@](=O)CCC(N)=NS(N)(=O)=O)cs1. The molecule has 0 spiro atoms. The average Bonchev–Trinajstić information content (AvgIpc) is 2.70. The van der Waals surface area contributed by atoms with Crippen molar-refractivity contribution in [3.05, 3.63) is 11.1 Å². The Hall–Kier alpha value is -1.57. The number of aromatic nitrogens is 1. The number of rotatable bonds is 7. The molecule has 1 atom stereocenters. The van der Waals surface area contributed by atoms with Crippen molar-refractivity contribution in [2.45, 2.75) is 12.2 Å². The highest BCUT2D eigenvalue weighted by molar-refractivity contribution is 7.88. The van der Waals surface area contributed by atoms with Gasteiger partial charge in [0.15, 0.2) is 5.96 Å². The Kier molecular flexibility index (Phi) is 6.19. The fourth-order valence-electron chi connectivity index (χ4n) is 1.19. The summed E-state index contributed by atoms with van der Waals surface area (Å²) in [6, 6.07) is 0. The maximum absolute atomic E-state index is 11.8. The van der Waals surface area contributed by atoms with Crippen molar-refractivity contribution in [3.8, 4) is 0 Å². The lowest BCUT2D eigenvalue weighted by molar-refractivity contribution is 0.599. The van der Waals surface area contributed by atoms with E-state index in [1.54, 1.807) is 5.38 Å². The number of nitrogens with zero attached hydrogens (tertiary/aromatic N) is 3. The van der Waals surface area contributed by atoms with Crippen molar-refractivity contribution < 1.29 is 12.6 Å². The molecule has 0 unspecified atom stereocenters. The van der Waals surface area contributed by atoms with E-state index in [-0.39, 0.29) is 29.7 Å². The molecule has 0 aliphatic heterocycles. The lowest BCUT2D eigenvalue weighted by Gasteiger charge is -2.00. The zero-order chi connectivity index (χ0) is 16.0. The number of hydrogen-bond acceptors (Lipinski definition) is 6. The summed E-state index contributed by atoms with van der Waals surface area (Å²) in [4.78, 5) is 7.84. The predicted molar refractivity (Wildman–Crippen MR) is 83.6 cm³/mol. The predicted octanol–water partition coefficient (Wildman–Crippen LogP) is -1.75. The third-order valence-electron chi connectivity index (χ3n) is 1.90. The number of aliphatic imine (C=N–C) groups is 1. The minimum Gasteiger partial charge on any atom is -0.386 e. The zero-order valence-corrected chi connectivity index (χ0v) is 13.2. The second-order valence-electron chi connectivity index (χ2n) is 3.79. The monoisotopic (exact) mass is 353 g/mol. The average molecular weight is 353 g/mol. The molecule has 0 aromatic carbocycles. The molecule has 1 aromatic heterocycles. The number of hydrogen-bond donors (Lipinski definition) is 4. The van der Waals surface area contributed by atoms with Gasteiger partial charge >= 0.3 is 10.2 Å². The fraction of sp³-hybridized carbons (Fsp3) is 0.375. The van der Waals surface area contributed by atoms with Crippen LogP contribution < -0.4 is 22.3 Å². The molecule has 0 amide bonds. The van der Waals surface area contributed by atoms with Crippen LogP contribution in [0.1, 0.15) is 12.1 Å². The summed E-state index contributed by atoms with van der Waals surface area (Å²) in [5.41, 5.74) is 16.4. The van der Waals surface area contributed by atoms with Gasteiger partial charge in [-0.15, -0.1) is 15.7 Å². The van der Waals surface area contributed by atoms with Crippen LogP contribution in [0.3, 0.4) is 0 Å². The summed E-state index contributed by atoms with van der Waals surface area (Å²) in [6.45, 7) is 0. The fourth-order valence-corrected chi connectivity index (χ4v) is 3.48. The summed E-state index contributed by atoms with van der Waals surface area (Å²) in [7, 11) is -5.31. The van der Waals surface area contributed by atoms with Gasteiger partial charge in [-0.25, -0.2) is 10.1 Å². The van der Waals surface area contributed by atoms with E-state index in [0.717, 1.165) is 0 Å². The van der Waals surface area contributed by atoms with E-state index in [2.05, 4.69) is 14.4 Å². The Balaban J connectivity index is 2.53. The molecule has 8 N–H and O–H groups in total. The van der Waals surface area contributed by atoms with Crippen molar-refractivity contribution in [1.82, 2.24) is 4.98 Å². The highest BCUT2D eigenvalue weighted by Crippen LogP contribution is 2.19. The molecular weight excluding hydrogens is 338 g/mol. The molecule has 10 nitrogen and oxygen atoms in total. The van der Waals surface area contributed by atoms with Crippen LogP contribution in [-0.2, 0) is 26.8 Å². The molecule has 1 aromatic rings. The minimum absolute atomic E-state index is 0.0495. The third-order valence-corrected chi connectivity index (χ3v) is 4.45. The molecule has 0 saturated carbocycles. The van der Waals surface area contributed by atoms with Crippen LogP contribution in [-0.4, -0.2) is 35.2 Å². The van der Waals surface area contributed by atoms with Gasteiger partial charge in [0.25, 0.3) is 0 Å². The van der Waals surface area contributed by atoms with E-state index >= 15 is 0 Å². The first kappa shape index (κ1) is 17.5.